The first-order valence-electron chi connectivity index (χ1n) is 10.6. The summed E-state index contributed by atoms with van der Waals surface area (Å²) in [6, 6.07) is 11.6. The maximum absolute atomic E-state index is 10.6. The van der Waals surface area contributed by atoms with E-state index in [1.807, 2.05) is 57.4 Å². The van der Waals surface area contributed by atoms with Crippen molar-refractivity contribution < 1.29 is 37.0 Å². The van der Waals surface area contributed by atoms with Crippen LogP contribution >= 0.6 is 0 Å². The van der Waals surface area contributed by atoms with Gasteiger partial charge >= 0.3 is 18.2 Å². The summed E-state index contributed by atoms with van der Waals surface area (Å²) in [6.07, 6.45) is -3.42. The molecule has 0 aliphatic carbocycles. The molecule has 0 radical (unpaired) electrons. The van der Waals surface area contributed by atoms with Gasteiger partial charge in [0.15, 0.2) is 0 Å². The standard InChI is InChI=1S/C20H26N6O3.C2HF3O2/c1-5-28-20-24-18(21-13-16(26(2)3)17-7-6-12-29-17)23-19(25-20)22-14-8-10-15(27-4)11-9-14;3-2(4,5)1(6)7/h6-12,16H,5,13H2,1-4H3,(H2,21,22,23,24,25);(H,6,7). The lowest BCUT2D eigenvalue weighted by Crippen LogP contribution is -2.27. The molecule has 2 aromatic heterocycles. The van der Waals surface area contributed by atoms with E-state index in [2.05, 4.69) is 30.5 Å². The largest absolute Gasteiger partial charge is 0.497 e. The predicted molar refractivity (Wildman–Crippen MR) is 125 cm³/mol. The monoisotopic (exact) mass is 512 g/mol. The summed E-state index contributed by atoms with van der Waals surface area (Å²) in [6.45, 7) is 2.89. The molecule has 11 nitrogen and oxygen atoms in total. The molecule has 196 valence electrons. The van der Waals surface area contributed by atoms with Crippen LogP contribution in [-0.4, -0.2) is 71.5 Å². The molecule has 3 rings (SSSR count). The number of carboxylic acids is 1. The number of likely N-dealkylation sites (N-methyl/N-ethyl adjacent to an activating group) is 1. The molecule has 0 bridgehead atoms. The zero-order chi connectivity index (χ0) is 26.7. The Labute approximate surface area is 205 Å². The highest BCUT2D eigenvalue weighted by atomic mass is 19.4. The molecule has 0 saturated carbocycles. The van der Waals surface area contributed by atoms with Crippen LogP contribution in [0, 0.1) is 0 Å². The van der Waals surface area contributed by atoms with Crippen LogP contribution in [0.25, 0.3) is 0 Å². The fraction of sp³-hybridized carbons (Fsp3) is 0.364. The Kier molecular flexibility index (Phi) is 10.3. The van der Waals surface area contributed by atoms with Gasteiger partial charge in [-0.15, -0.1) is 0 Å². The fourth-order valence-corrected chi connectivity index (χ4v) is 2.70. The van der Waals surface area contributed by atoms with Crippen LogP contribution in [0.2, 0.25) is 0 Å². The van der Waals surface area contributed by atoms with Crippen molar-refractivity contribution in [3.05, 3.63) is 48.4 Å². The summed E-state index contributed by atoms with van der Waals surface area (Å²) in [5, 5.41) is 13.5. The van der Waals surface area contributed by atoms with Crippen molar-refractivity contribution in [3.63, 3.8) is 0 Å². The normalized spacial score (nSPS) is 11.8. The minimum absolute atomic E-state index is 0.0234. The second-order valence-corrected chi connectivity index (χ2v) is 7.23. The highest BCUT2D eigenvalue weighted by molar-refractivity contribution is 5.73. The van der Waals surface area contributed by atoms with Crippen molar-refractivity contribution in [2.24, 2.45) is 0 Å². The molecule has 36 heavy (non-hydrogen) atoms. The number of carbonyl (C=O) groups is 1. The minimum atomic E-state index is -5.08. The maximum atomic E-state index is 10.6. The van der Waals surface area contributed by atoms with E-state index in [0.717, 1.165) is 17.2 Å². The number of hydrogen-bond donors (Lipinski definition) is 3. The molecule has 3 N–H and O–H groups in total. The third kappa shape index (κ3) is 8.94. The van der Waals surface area contributed by atoms with E-state index in [1.54, 1.807) is 13.4 Å². The Hall–Kier alpha value is -4.07. The van der Waals surface area contributed by atoms with Crippen LogP contribution < -0.4 is 20.1 Å². The Morgan fingerprint density at radius 3 is 2.28 bits per heavy atom. The van der Waals surface area contributed by atoms with Gasteiger partial charge in [0.25, 0.3) is 0 Å². The Morgan fingerprint density at radius 2 is 1.78 bits per heavy atom. The number of alkyl halides is 3. The summed E-state index contributed by atoms with van der Waals surface area (Å²) in [7, 11) is 5.61. The number of hydrogen-bond acceptors (Lipinski definition) is 10. The molecular formula is C22H27F3N6O5. The smallest absolute Gasteiger partial charge is 0.490 e. The van der Waals surface area contributed by atoms with Crippen molar-refractivity contribution in [1.82, 2.24) is 19.9 Å². The zero-order valence-corrected chi connectivity index (χ0v) is 20.0. The lowest BCUT2D eigenvalue weighted by atomic mass is 10.2. The Balaban J connectivity index is 0.000000572. The number of nitrogens with one attached hydrogen (secondary N) is 2. The highest BCUT2D eigenvalue weighted by Gasteiger charge is 2.38. The first kappa shape index (κ1) is 28.2. The van der Waals surface area contributed by atoms with E-state index in [1.165, 1.54) is 0 Å². The minimum Gasteiger partial charge on any atom is -0.497 e. The number of halogens is 3. The lowest BCUT2D eigenvalue weighted by molar-refractivity contribution is -0.192. The van der Waals surface area contributed by atoms with Crippen LogP contribution in [0.5, 0.6) is 11.8 Å². The molecule has 0 aliphatic rings. The first-order valence-corrected chi connectivity index (χ1v) is 10.6. The average Bonchev–Trinajstić information content (AvgIpc) is 3.34. The summed E-state index contributed by atoms with van der Waals surface area (Å²) >= 11 is 0. The van der Waals surface area contributed by atoms with E-state index in [-0.39, 0.29) is 12.1 Å². The summed E-state index contributed by atoms with van der Waals surface area (Å²) < 4.78 is 48.0. The van der Waals surface area contributed by atoms with E-state index in [9.17, 15) is 13.2 Å². The van der Waals surface area contributed by atoms with Crippen molar-refractivity contribution in [3.8, 4) is 11.8 Å². The SMILES string of the molecule is CCOc1nc(NCC(c2ccco2)N(C)C)nc(Nc2ccc(OC)cc2)n1.O=C(O)C(F)(F)F. The molecule has 0 spiro atoms. The first-order chi connectivity index (χ1) is 17.0. The molecule has 0 saturated heterocycles. The van der Waals surface area contributed by atoms with Crippen LogP contribution in [0.1, 0.15) is 18.7 Å². The quantitative estimate of drug-likeness (QED) is 0.364. The van der Waals surface area contributed by atoms with Crippen molar-refractivity contribution in [1.29, 1.82) is 0 Å². The van der Waals surface area contributed by atoms with Gasteiger partial charge in [0.1, 0.15) is 11.5 Å². The molecule has 0 aliphatic heterocycles. The number of ether oxygens (including phenoxy) is 2. The van der Waals surface area contributed by atoms with Gasteiger partial charge in [-0.3, -0.25) is 4.90 Å². The molecule has 3 aromatic rings. The maximum Gasteiger partial charge on any atom is 0.490 e. The Bertz CT molecular complexity index is 1080. The molecule has 0 amide bonds. The molecule has 1 aromatic carbocycles. The number of aliphatic carboxylic acids is 1. The molecule has 0 fully saturated rings. The predicted octanol–water partition coefficient (Wildman–Crippen LogP) is 3.96. The molecule has 2 heterocycles. The van der Waals surface area contributed by atoms with E-state index < -0.39 is 12.1 Å². The zero-order valence-electron chi connectivity index (χ0n) is 20.0. The number of aromatic nitrogens is 3. The second kappa shape index (κ2) is 13.1. The number of furan rings is 1. The third-order valence-electron chi connectivity index (χ3n) is 4.43. The number of nitrogens with zero attached hydrogens (tertiary/aromatic N) is 4. The van der Waals surface area contributed by atoms with Gasteiger partial charge in [-0.1, -0.05) is 0 Å². The number of anilines is 3. The van der Waals surface area contributed by atoms with Gasteiger partial charge in [0.05, 0.1) is 26.0 Å². The molecular weight excluding hydrogens is 485 g/mol. The van der Waals surface area contributed by atoms with Crippen molar-refractivity contribution in [2.75, 3.05) is 45.0 Å². The number of carboxylic acid groups (broad SMARTS) is 1. The topological polar surface area (TPSA) is 135 Å². The molecule has 14 heteroatoms. The average molecular weight is 512 g/mol. The second-order valence-electron chi connectivity index (χ2n) is 7.23. The van der Waals surface area contributed by atoms with Crippen LogP contribution in [0.15, 0.2) is 47.1 Å². The summed E-state index contributed by atoms with van der Waals surface area (Å²) in [5.41, 5.74) is 0.826. The highest BCUT2D eigenvalue weighted by Crippen LogP contribution is 2.22. The number of methoxy groups -OCH3 is 1. The van der Waals surface area contributed by atoms with Crippen LogP contribution in [-0.2, 0) is 4.79 Å². The van der Waals surface area contributed by atoms with Gasteiger partial charge in [0, 0.05) is 12.2 Å². The van der Waals surface area contributed by atoms with Gasteiger partial charge in [0.2, 0.25) is 11.9 Å². The van der Waals surface area contributed by atoms with Gasteiger partial charge < -0.3 is 29.6 Å². The van der Waals surface area contributed by atoms with E-state index in [0.29, 0.717) is 25.0 Å². The number of rotatable bonds is 10. The van der Waals surface area contributed by atoms with Crippen molar-refractivity contribution in [2.45, 2.75) is 19.1 Å². The van der Waals surface area contributed by atoms with Crippen molar-refractivity contribution >= 4 is 23.6 Å². The van der Waals surface area contributed by atoms with Gasteiger partial charge in [-0.25, -0.2) is 4.79 Å². The van der Waals surface area contributed by atoms with Gasteiger partial charge in [-0.05, 0) is 57.4 Å². The summed E-state index contributed by atoms with van der Waals surface area (Å²) in [4.78, 5) is 24.1. The van der Waals surface area contributed by atoms with Gasteiger partial charge in [-0.2, -0.15) is 28.1 Å². The molecule has 1 atom stereocenters. The Morgan fingerprint density at radius 1 is 1.14 bits per heavy atom. The van der Waals surface area contributed by atoms with Crippen LogP contribution in [0.4, 0.5) is 30.8 Å². The summed E-state index contributed by atoms with van der Waals surface area (Å²) in [5.74, 6) is -0.324. The van der Waals surface area contributed by atoms with E-state index in [4.69, 9.17) is 23.8 Å². The van der Waals surface area contributed by atoms with Crippen LogP contribution in [0.3, 0.4) is 0 Å². The lowest BCUT2D eigenvalue weighted by Gasteiger charge is -2.22. The number of benzene rings is 1. The van der Waals surface area contributed by atoms with E-state index >= 15 is 0 Å². The fourth-order valence-electron chi connectivity index (χ4n) is 2.70. The third-order valence-corrected chi connectivity index (χ3v) is 4.43. The molecule has 1 unspecified atom stereocenters.